The molecule has 2 aliphatic heterocycles. The van der Waals surface area contributed by atoms with Crippen LogP contribution < -0.4 is 9.80 Å². The lowest BCUT2D eigenvalue weighted by Gasteiger charge is -2.36. The fourth-order valence-corrected chi connectivity index (χ4v) is 3.77. The maximum atomic E-state index is 13.4. The molecule has 2 aromatic rings. The highest BCUT2D eigenvalue weighted by Gasteiger charge is 2.34. The van der Waals surface area contributed by atoms with E-state index in [1.807, 2.05) is 11.0 Å². The maximum absolute atomic E-state index is 13.4. The summed E-state index contributed by atoms with van der Waals surface area (Å²) in [6, 6.07) is 5.29. The van der Waals surface area contributed by atoms with Crippen LogP contribution in [0.2, 0.25) is 0 Å². The summed E-state index contributed by atoms with van der Waals surface area (Å²) in [5.74, 6) is -0.631. The smallest absolute Gasteiger partial charge is 0.373 e. The largest absolute Gasteiger partial charge is 0.463 e. The second-order valence-corrected chi connectivity index (χ2v) is 7.60. The zero-order chi connectivity index (χ0) is 21.1. The first kappa shape index (κ1) is 20.5. The minimum absolute atomic E-state index is 0.143. The zero-order valence-electron chi connectivity index (χ0n) is 16.9. The molecule has 10 heteroatoms. The molecule has 0 N–H and O–H groups in total. The van der Waals surface area contributed by atoms with Gasteiger partial charge in [-0.25, -0.2) is 23.5 Å². The molecule has 4 rings (SSSR count). The van der Waals surface area contributed by atoms with E-state index in [0.29, 0.717) is 25.5 Å². The van der Waals surface area contributed by atoms with E-state index in [4.69, 9.17) is 4.42 Å². The highest BCUT2D eigenvalue weighted by Crippen LogP contribution is 2.30. The van der Waals surface area contributed by atoms with E-state index in [2.05, 4.69) is 24.5 Å². The number of rotatable bonds is 5. The average Bonchev–Trinajstić information content (AvgIpc) is 3.22. The molecular formula is C20H25F2N5O3. The second-order valence-electron chi connectivity index (χ2n) is 7.60. The van der Waals surface area contributed by atoms with Crippen LogP contribution >= 0.6 is 0 Å². The number of alkyl halides is 2. The predicted octanol–water partition coefficient (Wildman–Crippen LogP) is 2.41. The number of esters is 1. The van der Waals surface area contributed by atoms with Crippen LogP contribution in [0.5, 0.6) is 0 Å². The number of nitrogens with zero attached hydrogens (tertiary/aromatic N) is 5. The first-order valence-corrected chi connectivity index (χ1v) is 10.0. The van der Waals surface area contributed by atoms with Crippen molar-refractivity contribution in [1.29, 1.82) is 0 Å². The van der Waals surface area contributed by atoms with E-state index in [0.717, 1.165) is 37.8 Å². The van der Waals surface area contributed by atoms with Gasteiger partial charge in [0.2, 0.25) is 5.76 Å². The molecule has 0 bridgehead atoms. The van der Waals surface area contributed by atoms with Gasteiger partial charge >= 0.3 is 5.97 Å². The highest BCUT2D eigenvalue weighted by atomic mass is 19.3. The number of piperazine rings is 1. The maximum Gasteiger partial charge on any atom is 0.373 e. The summed E-state index contributed by atoms with van der Waals surface area (Å²) in [5, 5.41) is 0. The summed E-state index contributed by atoms with van der Waals surface area (Å²) in [4.78, 5) is 26.5. The lowest BCUT2D eigenvalue weighted by Crippen LogP contribution is -2.46. The van der Waals surface area contributed by atoms with E-state index in [-0.39, 0.29) is 18.6 Å². The normalized spacial score (nSPS) is 19.7. The third-order valence-corrected chi connectivity index (χ3v) is 5.58. The third kappa shape index (κ3) is 4.69. The van der Waals surface area contributed by atoms with Crippen molar-refractivity contribution in [2.24, 2.45) is 0 Å². The molecule has 8 nitrogen and oxygen atoms in total. The summed E-state index contributed by atoms with van der Waals surface area (Å²) >= 11 is 0. The van der Waals surface area contributed by atoms with Gasteiger partial charge in [-0.3, -0.25) is 4.90 Å². The average molecular weight is 421 g/mol. The van der Waals surface area contributed by atoms with Crippen molar-refractivity contribution in [2.75, 3.05) is 56.2 Å². The van der Waals surface area contributed by atoms with Crippen LogP contribution in [0.4, 0.5) is 20.4 Å². The number of hydrogen-bond donors (Lipinski definition) is 0. The minimum atomic E-state index is -2.58. The van der Waals surface area contributed by atoms with Crippen LogP contribution in [0.1, 0.15) is 29.2 Å². The lowest BCUT2D eigenvalue weighted by molar-refractivity contribution is -0.0221. The zero-order valence-corrected chi connectivity index (χ0v) is 16.9. The topological polar surface area (TPSA) is 74.9 Å². The summed E-state index contributed by atoms with van der Waals surface area (Å²) < 4.78 is 37.0. The predicted molar refractivity (Wildman–Crippen MR) is 106 cm³/mol. The first-order chi connectivity index (χ1) is 14.4. The van der Waals surface area contributed by atoms with Gasteiger partial charge in [0.25, 0.3) is 5.92 Å². The Labute approximate surface area is 173 Å². The van der Waals surface area contributed by atoms with Crippen molar-refractivity contribution in [3.05, 3.63) is 36.0 Å². The monoisotopic (exact) mass is 421 g/mol. The third-order valence-electron chi connectivity index (χ3n) is 5.58. The molecule has 2 fully saturated rings. The molecule has 0 unspecified atom stereocenters. The lowest BCUT2D eigenvalue weighted by atomic mass is 10.1. The molecule has 2 saturated heterocycles. The van der Waals surface area contributed by atoms with E-state index < -0.39 is 11.9 Å². The van der Waals surface area contributed by atoms with Crippen LogP contribution in [0, 0.1) is 0 Å². The molecule has 0 spiro atoms. The number of piperidine rings is 1. The van der Waals surface area contributed by atoms with Crippen LogP contribution in [0.25, 0.3) is 0 Å². The van der Waals surface area contributed by atoms with Crippen molar-refractivity contribution in [2.45, 2.75) is 25.3 Å². The molecule has 0 atom stereocenters. The van der Waals surface area contributed by atoms with Crippen molar-refractivity contribution in [3.63, 3.8) is 0 Å². The van der Waals surface area contributed by atoms with Crippen LogP contribution in [-0.4, -0.2) is 73.1 Å². The number of ether oxygens (including phenoxy) is 1. The summed E-state index contributed by atoms with van der Waals surface area (Å²) in [5.41, 5.74) is 0. The van der Waals surface area contributed by atoms with Crippen molar-refractivity contribution in [1.82, 2.24) is 14.9 Å². The number of furan rings is 1. The fourth-order valence-electron chi connectivity index (χ4n) is 3.77. The quantitative estimate of drug-likeness (QED) is 0.682. The van der Waals surface area contributed by atoms with Crippen LogP contribution in [0.3, 0.4) is 0 Å². The van der Waals surface area contributed by atoms with E-state index in [1.54, 1.807) is 12.1 Å². The van der Waals surface area contributed by atoms with Gasteiger partial charge in [-0.15, -0.1) is 0 Å². The second kappa shape index (κ2) is 8.55. The Morgan fingerprint density at radius 1 is 1.07 bits per heavy atom. The molecule has 0 saturated carbocycles. The Kier molecular flexibility index (Phi) is 5.85. The number of hydrogen-bond acceptors (Lipinski definition) is 8. The van der Waals surface area contributed by atoms with Crippen molar-refractivity contribution in [3.8, 4) is 0 Å². The first-order valence-electron chi connectivity index (χ1n) is 10.0. The van der Waals surface area contributed by atoms with Gasteiger partial charge in [-0.2, -0.15) is 0 Å². The molecule has 30 heavy (non-hydrogen) atoms. The van der Waals surface area contributed by atoms with E-state index in [9.17, 15) is 13.6 Å². The van der Waals surface area contributed by atoms with Gasteiger partial charge in [-0.1, -0.05) is 0 Å². The van der Waals surface area contributed by atoms with Gasteiger partial charge in [0.1, 0.15) is 23.7 Å². The van der Waals surface area contributed by atoms with E-state index in [1.165, 1.54) is 13.4 Å². The Hall–Kier alpha value is -2.75. The molecule has 2 aliphatic rings. The van der Waals surface area contributed by atoms with Crippen molar-refractivity contribution < 1.29 is 22.7 Å². The molecule has 4 heterocycles. The molecule has 2 aromatic heterocycles. The Morgan fingerprint density at radius 2 is 1.70 bits per heavy atom. The fraction of sp³-hybridized carbons (Fsp3) is 0.550. The summed E-state index contributed by atoms with van der Waals surface area (Å²) in [6.45, 7) is 4.38. The standard InChI is InChI=1S/C20H25F2N5O3/c1-29-19(28)16-3-2-15(30-16)13-25-8-10-27(11-9-25)18-12-17(23-14-24-18)26-6-4-20(21,22)5-7-26/h2-3,12,14H,4-11,13H2,1H3. The van der Waals surface area contributed by atoms with Crippen molar-refractivity contribution >= 4 is 17.6 Å². The number of halogens is 2. The SMILES string of the molecule is COC(=O)c1ccc(CN2CCN(c3cc(N4CCC(F)(F)CC4)ncn3)CC2)o1. The molecule has 162 valence electrons. The minimum Gasteiger partial charge on any atom is -0.463 e. The number of anilines is 2. The van der Waals surface area contributed by atoms with Gasteiger partial charge < -0.3 is 19.0 Å². The van der Waals surface area contributed by atoms with Crippen LogP contribution in [-0.2, 0) is 11.3 Å². The van der Waals surface area contributed by atoms with E-state index >= 15 is 0 Å². The Bertz CT molecular complexity index is 873. The molecular weight excluding hydrogens is 396 g/mol. The number of methoxy groups -OCH3 is 1. The highest BCUT2D eigenvalue weighted by molar-refractivity contribution is 5.86. The van der Waals surface area contributed by atoms with Gasteiger partial charge in [-0.05, 0) is 12.1 Å². The van der Waals surface area contributed by atoms with Crippen LogP contribution in [0.15, 0.2) is 28.9 Å². The molecule has 0 aliphatic carbocycles. The molecule has 0 amide bonds. The Morgan fingerprint density at radius 3 is 2.33 bits per heavy atom. The Balaban J connectivity index is 1.32. The molecule has 0 radical (unpaired) electrons. The molecule has 0 aromatic carbocycles. The van der Waals surface area contributed by atoms with Gasteiger partial charge in [0.15, 0.2) is 0 Å². The van der Waals surface area contributed by atoms with Gasteiger partial charge in [0.05, 0.1) is 13.7 Å². The van der Waals surface area contributed by atoms with Gasteiger partial charge in [0, 0.05) is 58.2 Å². The number of aromatic nitrogens is 2. The summed E-state index contributed by atoms with van der Waals surface area (Å²) in [7, 11) is 1.32. The number of carbonyl (C=O) groups is 1. The summed E-state index contributed by atoms with van der Waals surface area (Å²) in [6.07, 6.45) is 1.21. The number of carbonyl (C=O) groups excluding carboxylic acids is 1.